The molecule has 0 heterocycles. The van der Waals surface area contributed by atoms with E-state index in [0.29, 0.717) is 12.5 Å². The van der Waals surface area contributed by atoms with Crippen molar-refractivity contribution in [1.82, 2.24) is 0 Å². The maximum atomic E-state index is 11.1. The number of carbonyl (C=O) groups is 2. The van der Waals surface area contributed by atoms with E-state index >= 15 is 0 Å². The summed E-state index contributed by atoms with van der Waals surface area (Å²) < 4.78 is 4.67. The largest absolute Gasteiger partial charge is 0.466 e. The van der Waals surface area contributed by atoms with Gasteiger partial charge in [-0.3, -0.25) is 9.59 Å². The van der Waals surface area contributed by atoms with Crippen molar-refractivity contribution in [3.63, 3.8) is 0 Å². The molecule has 0 atom stereocenters. The van der Waals surface area contributed by atoms with Crippen LogP contribution in [0.2, 0.25) is 0 Å². The summed E-state index contributed by atoms with van der Waals surface area (Å²) in [6, 6.07) is 0. The third kappa shape index (κ3) is 8.95. The SMILES string of the molecule is CCOC(=O)CCC(=O)N=C=C=CC(C)C. The van der Waals surface area contributed by atoms with Gasteiger partial charge < -0.3 is 4.74 Å². The number of nitrogens with zero attached hydrogens (tertiary/aromatic N) is 1. The molecule has 0 aromatic carbocycles. The number of aliphatic imine (C=N–C) groups is 1. The number of ether oxygens (including phenoxy) is 1. The number of hydrogen-bond acceptors (Lipinski definition) is 3. The molecule has 16 heavy (non-hydrogen) atoms. The Labute approximate surface area is 95.7 Å². The third-order valence-corrected chi connectivity index (χ3v) is 1.51. The minimum Gasteiger partial charge on any atom is -0.466 e. The summed E-state index contributed by atoms with van der Waals surface area (Å²) in [6.45, 7) is 6.01. The van der Waals surface area contributed by atoms with Crippen molar-refractivity contribution in [2.75, 3.05) is 6.61 Å². The molecule has 0 fully saturated rings. The van der Waals surface area contributed by atoms with E-state index < -0.39 is 5.91 Å². The zero-order valence-corrected chi connectivity index (χ0v) is 9.95. The molecule has 4 heteroatoms. The van der Waals surface area contributed by atoms with Crippen molar-refractivity contribution in [3.8, 4) is 0 Å². The van der Waals surface area contributed by atoms with Crippen LogP contribution < -0.4 is 0 Å². The van der Waals surface area contributed by atoms with E-state index in [1.807, 2.05) is 13.8 Å². The fourth-order valence-corrected chi connectivity index (χ4v) is 0.797. The molecule has 0 unspecified atom stereocenters. The Balaban J connectivity index is 4.00. The summed E-state index contributed by atoms with van der Waals surface area (Å²) in [5.41, 5.74) is 2.65. The van der Waals surface area contributed by atoms with Crippen LogP contribution in [0.3, 0.4) is 0 Å². The number of rotatable bonds is 5. The lowest BCUT2D eigenvalue weighted by atomic mass is 10.2. The van der Waals surface area contributed by atoms with Gasteiger partial charge in [-0.05, 0) is 18.9 Å². The van der Waals surface area contributed by atoms with Gasteiger partial charge in [0.25, 0.3) is 5.91 Å². The second-order valence-corrected chi connectivity index (χ2v) is 3.48. The van der Waals surface area contributed by atoms with Crippen LogP contribution in [-0.2, 0) is 14.3 Å². The summed E-state index contributed by atoms with van der Waals surface area (Å²) in [7, 11) is 0. The molecule has 0 saturated carbocycles. The normalized spacial score (nSPS) is 9.00. The fourth-order valence-electron chi connectivity index (χ4n) is 0.797. The van der Waals surface area contributed by atoms with E-state index in [1.54, 1.807) is 13.0 Å². The average molecular weight is 223 g/mol. The molecule has 0 N–H and O–H groups in total. The molecular weight excluding hydrogens is 206 g/mol. The first-order valence-electron chi connectivity index (χ1n) is 5.29. The number of allylic oxidation sites excluding steroid dienone is 1. The molecule has 0 rings (SSSR count). The quantitative estimate of drug-likeness (QED) is 0.406. The molecular formula is C12H17NO3. The minimum absolute atomic E-state index is 0.0508. The smallest absolute Gasteiger partial charge is 0.306 e. The highest BCUT2D eigenvalue weighted by molar-refractivity contribution is 5.86. The van der Waals surface area contributed by atoms with E-state index in [-0.39, 0.29) is 18.8 Å². The molecule has 0 radical (unpaired) electrons. The van der Waals surface area contributed by atoms with Crippen LogP contribution in [-0.4, -0.2) is 24.4 Å². The summed E-state index contributed by atoms with van der Waals surface area (Å²) >= 11 is 0. The van der Waals surface area contributed by atoms with Crippen molar-refractivity contribution in [2.24, 2.45) is 10.9 Å². The summed E-state index contributed by atoms with van der Waals surface area (Å²) in [4.78, 5) is 25.5. The predicted molar refractivity (Wildman–Crippen MR) is 61.2 cm³/mol. The molecule has 0 saturated heterocycles. The zero-order valence-electron chi connectivity index (χ0n) is 9.95. The van der Waals surface area contributed by atoms with Crippen LogP contribution in [0.15, 0.2) is 16.8 Å². The standard InChI is InChI=1S/C12H17NO3/c1-4-16-12(15)8-7-11(14)13-9-5-6-10(2)3/h6,10H,4,7-8H2,1-3H3. The number of esters is 1. The van der Waals surface area contributed by atoms with E-state index in [4.69, 9.17) is 0 Å². The first kappa shape index (κ1) is 14.4. The summed E-state index contributed by atoms with van der Waals surface area (Å²) in [5, 5.41) is 0. The molecule has 1 amide bonds. The van der Waals surface area contributed by atoms with Crippen molar-refractivity contribution >= 4 is 17.7 Å². The lowest BCUT2D eigenvalue weighted by molar-refractivity contribution is -0.144. The monoisotopic (exact) mass is 223 g/mol. The van der Waals surface area contributed by atoms with E-state index in [2.05, 4.69) is 21.3 Å². The van der Waals surface area contributed by atoms with Gasteiger partial charge in [-0.1, -0.05) is 19.6 Å². The Kier molecular flexibility index (Phi) is 7.78. The Hall–Kier alpha value is -1.63. The number of hydrogen-bond donors (Lipinski definition) is 0. The van der Waals surface area contributed by atoms with Crippen LogP contribution in [0.5, 0.6) is 0 Å². The molecule has 0 spiro atoms. The second kappa shape index (κ2) is 8.66. The zero-order chi connectivity index (χ0) is 12.4. The molecule has 88 valence electrons. The van der Waals surface area contributed by atoms with Crippen LogP contribution in [0, 0.1) is 5.92 Å². The number of amides is 1. The molecule has 4 nitrogen and oxygen atoms in total. The van der Waals surface area contributed by atoms with Crippen LogP contribution in [0.25, 0.3) is 0 Å². The van der Waals surface area contributed by atoms with Gasteiger partial charge in [0.2, 0.25) is 0 Å². The van der Waals surface area contributed by atoms with Gasteiger partial charge in [0.05, 0.1) is 13.0 Å². The van der Waals surface area contributed by atoms with Gasteiger partial charge in [0, 0.05) is 12.3 Å². The Morgan fingerprint density at radius 3 is 2.62 bits per heavy atom. The first-order chi connectivity index (χ1) is 7.56. The Morgan fingerprint density at radius 2 is 2.06 bits per heavy atom. The van der Waals surface area contributed by atoms with Crippen molar-refractivity contribution in [2.45, 2.75) is 33.6 Å². The first-order valence-corrected chi connectivity index (χ1v) is 5.29. The van der Waals surface area contributed by atoms with Gasteiger partial charge in [-0.15, -0.1) is 0 Å². The molecule has 0 aliphatic heterocycles. The Bertz CT molecular complexity index is 332. The Morgan fingerprint density at radius 1 is 1.38 bits per heavy atom. The van der Waals surface area contributed by atoms with E-state index in [1.165, 1.54) is 0 Å². The van der Waals surface area contributed by atoms with E-state index in [0.717, 1.165) is 0 Å². The second-order valence-electron chi connectivity index (χ2n) is 3.48. The molecule has 0 aromatic heterocycles. The molecule has 0 aliphatic rings. The van der Waals surface area contributed by atoms with Crippen molar-refractivity contribution < 1.29 is 14.3 Å². The highest BCUT2D eigenvalue weighted by Crippen LogP contribution is 1.94. The summed E-state index contributed by atoms with van der Waals surface area (Å²) in [6.07, 6.45) is 1.86. The maximum absolute atomic E-state index is 11.1. The minimum atomic E-state index is -0.391. The number of carbonyl (C=O) groups excluding carboxylic acids is 2. The average Bonchev–Trinajstić information content (AvgIpc) is 2.22. The predicted octanol–water partition coefficient (Wildman–Crippen LogP) is 1.89. The lowest BCUT2D eigenvalue weighted by Gasteiger charge is -1.97. The van der Waals surface area contributed by atoms with E-state index in [9.17, 15) is 9.59 Å². The van der Waals surface area contributed by atoms with Gasteiger partial charge in [-0.2, -0.15) is 4.99 Å². The highest BCUT2D eigenvalue weighted by atomic mass is 16.5. The van der Waals surface area contributed by atoms with Crippen molar-refractivity contribution in [3.05, 3.63) is 11.8 Å². The molecule has 0 aliphatic carbocycles. The molecule has 0 aromatic rings. The maximum Gasteiger partial charge on any atom is 0.306 e. The van der Waals surface area contributed by atoms with Crippen LogP contribution in [0.1, 0.15) is 33.6 Å². The van der Waals surface area contributed by atoms with Gasteiger partial charge in [-0.25, -0.2) is 0 Å². The molecule has 0 bridgehead atoms. The highest BCUT2D eigenvalue weighted by Gasteiger charge is 2.05. The van der Waals surface area contributed by atoms with Crippen molar-refractivity contribution in [1.29, 1.82) is 0 Å². The van der Waals surface area contributed by atoms with Gasteiger partial charge in [0.15, 0.2) is 0 Å². The van der Waals surface area contributed by atoms with Crippen LogP contribution in [0.4, 0.5) is 0 Å². The lowest BCUT2D eigenvalue weighted by Crippen LogP contribution is -2.06. The van der Waals surface area contributed by atoms with Gasteiger partial charge >= 0.3 is 5.97 Å². The van der Waals surface area contributed by atoms with Crippen LogP contribution >= 0.6 is 0 Å². The summed E-state index contributed by atoms with van der Waals surface area (Å²) in [5.74, 6) is 1.96. The van der Waals surface area contributed by atoms with Gasteiger partial charge in [0.1, 0.15) is 0 Å². The topological polar surface area (TPSA) is 55.7 Å². The third-order valence-electron chi connectivity index (χ3n) is 1.51. The fraction of sp³-hybridized carbons (Fsp3) is 0.583.